The number of rotatable bonds is 4. The van der Waals surface area contributed by atoms with Crippen LogP contribution in [0.15, 0.2) is 54.7 Å². The molecule has 0 N–H and O–H groups in total. The molecule has 0 spiro atoms. The van der Waals surface area contributed by atoms with Gasteiger partial charge in [-0.1, -0.05) is 41.4 Å². The number of piperazine rings is 1. The first kappa shape index (κ1) is 19.0. The highest BCUT2D eigenvalue weighted by Crippen LogP contribution is 2.19. The van der Waals surface area contributed by atoms with Gasteiger partial charge < -0.3 is 4.90 Å². The van der Waals surface area contributed by atoms with E-state index in [1.54, 1.807) is 12.2 Å². The first-order valence-electron chi connectivity index (χ1n) is 9.16. The summed E-state index contributed by atoms with van der Waals surface area (Å²) in [5.74, 6) is -0.00640. The summed E-state index contributed by atoms with van der Waals surface area (Å²) < 4.78 is 1.87. The summed E-state index contributed by atoms with van der Waals surface area (Å²) >= 11 is 12.2. The molecular weight excluding hydrogens is 395 g/mol. The van der Waals surface area contributed by atoms with E-state index in [2.05, 4.69) is 9.88 Å². The zero-order valence-corrected chi connectivity index (χ0v) is 16.8. The molecule has 7 heteroatoms. The van der Waals surface area contributed by atoms with Gasteiger partial charge in [0.05, 0.1) is 5.69 Å². The van der Waals surface area contributed by atoms with E-state index in [-0.39, 0.29) is 5.91 Å². The number of pyridine rings is 1. The van der Waals surface area contributed by atoms with Crippen LogP contribution in [0, 0.1) is 0 Å². The molecule has 2 aromatic heterocycles. The van der Waals surface area contributed by atoms with Gasteiger partial charge in [0, 0.05) is 50.0 Å². The molecule has 0 bridgehead atoms. The van der Waals surface area contributed by atoms with E-state index in [0.717, 1.165) is 30.3 Å². The molecule has 0 atom stereocenters. The first-order chi connectivity index (χ1) is 13.6. The number of fused-ring (bicyclic) bond motifs is 1. The van der Waals surface area contributed by atoms with E-state index in [9.17, 15) is 4.79 Å². The molecule has 3 heterocycles. The third kappa shape index (κ3) is 4.22. The van der Waals surface area contributed by atoms with Gasteiger partial charge in [-0.15, -0.1) is 0 Å². The fourth-order valence-corrected chi connectivity index (χ4v) is 3.73. The molecule has 3 aromatic rings. The quantitative estimate of drug-likeness (QED) is 0.605. The van der Waals surface area contributed by atoms with Crippen LogP contribution in [0.5, 0.6) is 0 Å². The minimum Gasteiger partial charge on any atom is -0.337 e. The summed E-state index contributed by atoms with van der Waals surface area (Å²) in [6, 6.07) is 13.6. The van der Waals surface area contributed by atoms with Gasteiger partial charge in [-0.05, 0) is 35.9 Å². The molecule has 5 nitrogen and oxygen atoms in total. The number of carbonyl (C=O) groups is 1. The van der Waals surface area contributed by atoms with Crippen molar-refractivity contribution in [2.24, 2.45) is 0 Å². The molecule has 1 aliphatic rings. The predicted molar refractivity (Wildman–Crippen MR) is 113 cm³/mol. The smallest absolute Gasteiger partial charge is 0.246 e. The van der Waals surface area contributed by atoms with Crippen molar-refractivity contribution in [3.8, 4) is 0 Å². The van der Waals surface area contributed by atoms with Gasteiger partial charge in [0.1, 0.15) is 5.65 Å². The molecule has 144 valence electrons. The van der Waals surface area contributed by atoms with Crippen LogP contribution >= 0.6 is 23.2 Å². The SMILES string of the molecule is O=C(/C=C/c1c(Cl)nc2ccccn12)N1CCN(Cc2ccc(Cl)cc2)CC1. The van der Waals surface area contributed by atoms with Crippen LogP contribution in [-0.2, 0) is 11.3 Å². The summed E-state index contributed by atoms with van der Waals surface area (Å²) in [5, 5.41) is 1.14. The molecule has 0 aliphatic carbocycles. The third-order valence-electron chi connectivity index (χ3n) is 4.91. The normalized spacial score (nSPS) is 15.6. The highest BCUT2D eigenvalue weighted by Gasteiger charge is 2.20. The number of halogens is 2. The Kier molecular flexibility index (Phi) is 5.67. The maximum Gasteiger partial charge on any atom is 0.246 e. The van der Waals surface area contributed by atoms with Crippen molar-refractivity contribution in [1.82, 2.24) is 19.2 Å². The van der Waals surface area contributed by atoms with Crippen molar-refractivity contribution in [3.05, 3.63) is 76.2 Å². The Balaban J connectivity index is 1.35. The predicted octanol–water partition coefficient (Wildman–Crippen LogP) is 4.00. The van der Waals surface area contributed by atoms with E-state index < -0.39 is 0 Å². The van der Waals surface area contributed by atoms with Crippen LogP contribution in [0.3, 0.4) is 0 Å². The van der Waals surface area contributed by atoms with Crippen molar-refractivity contribution < 1.29 is 4.79 Å². The van der Waals surface area contributed by atoms with Crippen molar-refractivity contribution >= 4 is 40.8 Å². The summed E-state index contributed by atoms with van der Waals surface area (Å²) in [6.45, 7) is 3.97. The maximum absolute atomic E-state index is 12.6. The van der Waals surface area contributed by atoms with Crippen LogP contribution in [0.2, 0.25) is 10.2 Å². The molecule has 1 saturated heterocycles. The highest BCUT2D eigenvalue weighted by atomic mass is 35.5. The molecule has 0 saturated carbocycles. The molecule has 1 amide bonds. The fourth-order valence-electron chi connectivity index (χ4n) is 3.37. The van der Waals surface area contributed by atoms with E-state index in [4.69, 9.17) is 23.2 Å². The van der Waals surface area contributed by atoms with Crippen LogP contribution in [0.4, 0.5) is 0 Å². The summed E-state index contributed by atoms with van der Waals surface area (Å²) in [5.41, 5.74) is 2.70. The molecular formula is C21H20Cl2N4O. The lowest BCUT2D eigenvalue weighted by atomic mass is 10.2. The second-order valence-corrected chi connectivity index (χ2v) is 7.57. The molecule has 0 unspecified atom stereocenters. The second kappa shape index (κ2) is 8.35. The minimum atomic E-state index is -0.00640. The van der Waals surface area contributed by atoms with Gasteiger partial charge in [-0.3, -0.25) is 14.1 Å². The molecule has 1 fully saturated rings. The average Bonchev–Trinajstić information content (AvgIpc) is 3.03. The molecule has 28 heavy (non-hydrogen) atoms. The number of hydrogen-bond acceptors (Lipinski definition) is 3. The second-order valence-electron chi connectivity index (χ2n) is 6.78. The Labute approximate surface area is 173 Å². The minimum absolute atomic E-state index is 0.00640. The Bertz CT molecular complexity index is 1000. The molecule has 1 aromatic carbocycles. The average molecular weight is 415 g/mol. The number of aromatic nitrogens is 2. The van der Waals surface area contributed by atoms with Crippen LogP contribution < -0.4 is 0 Å². The highest BCUT2D eigenvalue weighted by molar-refractivity contribution is 6.31. The zero-order chi connectivity index (χ0) is 19.5. The topological polar surface area (TPSA) is 40.9 Å². The Hall–Kier alpha value is -2.34. The molecule has 4 rings (SSSR count). The number of imidazole rings is 1. The third-order valence-corrected chi connectivity index (χ3v) is 5.44. The number of carbonyl (C=O) groups excluding carboxylic acids is 1. The lowest BCUT2D eigenvalue weighted by Crippen LogP contribution is -2.47. The molecule has 1 aliphatic heterocycles. The van der Waals surface area contributed by atoms with Crippen molar-refractivity contribution in [3.63, 3.8) is 0 Å². The van der Waals surface area contributed by atoms with Gasteiger partial charge >= 0.3 is 0 Å². The van der Waals surface area contributed by atoms with Crippen LogP contribution in [-0.4, -0.2) is 51.3 Å². The zero-order valence-electron chi connectivity index (χ0n) is 15.3. The van der Waals surface area contributed by atoms with Gasteiger partial charge in [0.15, 0.2) is 5.15 Å². The standard InChI is InChI=1S/C21H20Cl2N4O/c22-17-6-4-16(5-7-17)15-25-11-13-26(14-12-25)20(28)9-8-18-21(23)24-19-3-1-2-10-27(18)19/h1-10H,11-15H2/b9-8+. The lowest BCUT2D eigenvalue weighted by Gasteiger charge is -2.34. The Morgan fingerprint density at radius 2 is 1.79 bits per heavy atom. The van der Waals surface area contributed by atoms with Gasteiger partial charge in [0.2, 0.25) is 5.91 Å². The number of amides is 1. The van der Waals surface area contributed by atoms with Gasteiger partial charge in [-0.25, -0.2) is 4.98 Å². The summed E-state index contributed by atoms with van der Waals surface area (Å²) in [4.78, 5) is 21.1. The van der Waals surface area contributed by atoms with Crippen molar-refractivity contribution in [1.29, 1.82) is 0 Å². The monoisotopic (exact) mass is 414 g/mol. The van der Waals surface area contributed by atoms with E-state index in [1.165, 1.54) is 5.56 Å². The number of nitrogens with zero attached hydrogens (tertiary/aromatic N) is 4. The Morgan fingerprint density at radius 3 is 2.54 bits per heavy atom. The number of hydrogen-bond donors (Lipinski definition) is 0. The van der Waals surface area contributed by atoms with Crippen molar-refractivity contribution in [2.45, 2.75) is 6.54 Å². The van der Waals surface area contributed by atoms with E-state index in [1.807, 2.05) is 58.0 Å². The van der Waals surface area contributed by atoms with E-state index >= 15 is 0 Å². The molecule has 0 radical (unpaired) electrons. The Morgan fingerprint density at radius 1 is 1.04 bits per heavy atom. The largest absolute Gasteiger partial charge is 0.337 e. The summed E-state index contributed by atoms with van der Waals surface area (Å²) in [6.07, 6.45) is 5.20. The van der Waals surface area contributed by atoms with Crippen LogP contribution in [0.1, 0.15) is 11.3 Å². The first-order valence-corrected chi connectivity index (χ1v) is 9.92. The van der Waals surface area contributed by atoms with E-state index in [0.29, 0.717) is 23.9 Å². The maximum atomic E-state index is 12.6. The van der Waals surface area contributed by atoms with Gasteiger partial charge in [-0.2, -0.15) is 0 Å². The fraction of sp³-hybridized carbons (Fsp3) is 0.238. The summed E-state index contributed by atoms with van der Waals surface area (Å²) in [7, 11) is 0. The van der Waals surface area contributed by atoms with Gasteiger partial charge in [0.25, 0.3) is 0 Å². The van der Waals surface area contributed by atoms with Crippen LogP contribution in [0.25, 0.3) is 11.7 Å². The number of benzene rings is 1. The van der Waals surface area contributed by atoms with Crippen molar-refractivity contribution in [2.75, 3.05) is 26.2 Å². The lowest BCUT2D eigenvalue weighted by molar-refractivity contribution is -0.127.